The maximum atomic E-state index is 13.7. The predicted octanol–water partition coefficient (Wildman–Crippen LogP) is 4.89. The maximum absolute atomic E-state index is 13.7. The molecule has 2 aromatic rings. The van der Waals surface area contributed by atoms with E-state index in [0.29, 0.717) is 49.9 Å². The second-order valence-corrected chi connectivity index (χ2v) is 11.6. The molecule has 200 valence electrons. The summed E-state index contributed by atoms with van der Waals surface area (Å²) < 4.78 is 38.6. The van der Waals surface area contributed by atoms with Crippen molar-refractivity contribution in [2.75, 3.05) is 38.0 Å². The summed E-state index contributed by atoms with van der Waals surface area (Å²) in [4.78, 5) is 33.8. The molecule has 1 aromatic heterocycles. The number of rotatable bonds is 6. The molecule has 6 nitrogen and oxygen atoms in total. The van der Waals surface area contributed by atoms with Gasteiger partial charge in [-0.25, -0.2) is 0 Å². The Balaban J connectivity index is 1.37. The molecule has 3 atom stereocenters. The number of carbonyl (C=O) groups is 1. The van der Waals surface area contributed by atoms with Crippen molar-refractivity contribution in [2.45, 2.75) is 70.0 Å². The van der Waals surface area contributed by atoms with Gasteiger partial charge in [0.05, 0.1) is 17.6 Å². The normalized spacial score (nSPS) is 26.4. The molecule has 2 N–H and O–H groups in total. The highest BCUT2D eigenvalue weighted by Gasteiger charge is 2.37. The van der Waals surface area contributed by atoms with E-state index in [4.69, 9.17) is 0 Å². The van der Waals surface area contributed by atoms with E-state index in [1.54, 1.807) is 4.90 Å². The van der Waals surface area contributed by atoms with E-state index >= 15 is 0 Å². The third-order valence-electron chi connectivity index (χ3n) is 9.08. The molecule has 2 saturated carbocycles. The molecule has 0 radical (unpaired) electrons. The maximum Gasteiger partial charge on any atom is 0.390 e. The number of pyridine rings is 1. The van der Waals surface area contributed by atoms with Gasteiger partial charge in [-0.05, 0) is 74.0 Å². The SMILES string of the molecule is CC1CCC1c1c(NCC2CC2)c2cc3c(cc2[nH]c1=O)CC[C@H]1CN(CCN1CCC(F)(F)F)C3=O. The zero-order chi connectivity index (χ0) is 25.9. The molecule has 37 heavy (non-hydrogen) atoms. The molecule has 4 aliphatic rings. The van der Waals surface area contributed by atoms with E-state index in [2.05, 4.69) is 17.2 Å². The van der Waals surface area contributed by atoms with Gasteiger partial charge in [-0.1, -0.05) is 6.92 Å². The Morgan fingerprint density at radius 3 is 2.57 bits per heavy atom. The van der Waals surface area contributed by atoms with Gasteiger partial charge in [-0.3, -0.25) is 14.5 Å². The van der Waals surface area contributed by atoms with Crippen LogP contribution < -0.4 is 10.9 Å². The lowest BCUT2D eigenvalue weighted by Gasteiger charge is -2.43. The summed E-state index contributed by atoms with van der Waals surface area (Å²) in [6.45, 7) is 4.33. The molecular weight excluding hydrogens is 481 g/mol. The third-order valence-corrected chi connectivity index (χ3v) is 9.08. The van der Waals surface area contributed by atoms with Crippen LogP contribution in [0.2, 0.25) is 0 Å². The Kier molecular flexibility index (Phi) is 6.24. The number of H-pyrrole nitrogens is 1. The number of hydrogen-bond acceptors (Lipinski definition) is 4. The van der Waals surface area contributed by atoms with Gasteiger partial charge in [-0.2, -0.15) is 13.2 Å². The summed E-state index contributed by atoms with van der Waals surface area (Å²) in [6, 6.07) is 3.80. The number of nitrogens with one attached hydrogen (secondary N) is 2. The number of benzene rings is 1. The zero-order valence-electron chi connectivity index (χ0n) is 21.3. The van der Waals surface area contributed by atoms with Gasteiger partial charge in [0.2, 0.25) is 0 Å². The smallest absolute Gasteiger partial charge is 0.384 e. The Hall–Kier alpha value is -2.55. The van der Waals surface area contributed by atoms with E-state index in [1.165, 1.54) is 12.8 Å². The number of carbonyl (C=O) groups excluding carboxylic acids is 1. The average molecular weight is 517 g/mol. The number of nitrogens with zero attached hydrogens (tertiary/aromatic N) is 2. The van der Waals surface area contributed by atoms with Crippen molar-refractivity contribution in [3.05, 3.63) is 39.2 Å². The van der Waals surface area contributed by atoms with E-state index < -0.39 is 12.6 Å². The zero-order valence-corrected chi connectivity index (χ0v) is 21.3. The lowest BCUT2D eigenvalue weighted by molar-refractivity contribution is -0.140. The van der Waals surface area contributed by atoms with Crippen molar-refractivity contribution in [3.8, 4) is 0 Å². The molecule has 3 heterocycles. The Labute approximate surface area is 214 Å². The van der Waals surface area contributed by atoms with Crippen LogP contribution in [0.25, 0.3) is 10.9 Å². The van der Waals surface area contributed by atoms with Gasteiger partial charge in [0.15, 0.2) is 0 Å². The number of aromatic nitrogens is 1. The molecule has 2 aliphatic heterocycles. The number of halogens is 3. The van der Waals surface area contributed by atoms with Crippen molar-refractivity contribution in [3.63, 3.8) is 0 Å². The van der Waals surface area contributed by atoms with E-state index in [1.807, 2.05) is 17.0 Å². The van der Waals surface area contributed by atoms with Gasteiger partial charge in [0.1, 0.15) is 0 Å². The highest BCUT2D eigenvalue weighted by atomic mass is 19.4. The number of aryl methyl sites for hydroxylation is 1. The predicted molar refractivity (Wildman–Crippen MR) is 137 cm³/mol. The number of amides is 1. The minimum absolute atomic E-state index is 0.0352. The standard InChI is InChI=1S/C28H35F3N4O2/c1-16-2-7-20(16)24-25(32-14-17-3-4-17)22-13-21-18(12-23(22)33-26(24)36)5-6-19-15-35(27(21)37)11-10-34(19)9-8-28(29,30)31/h12-13,16-17,19-20H,2-11,14-15H2,1H3,(H2,32,33,36)/t16?,19-,20?/m0/s1. The van der Waals surface area contributed by atoms with Crippen LogP contribution >= 0.6 is 0 Å². The van der Waals surface area contributed by atoms with E-state index in [0.717, 1.165) is 47.1 Å². The minimum Gasteiger partial charge on any atom is -0.384 e. The fourth-order valence-electron chi connectivity index (χ4n) is 6.43. The number of anilines is 1. The first-order valence-electron chi connectivity index (χ1n) is 13.7. The van der Waals surface area contributed by atoms with Gasteiger partial charge in [-0.15, -0.1) is 0 Å². The number of piperazine rings is 1. The quantitative estimate of drug-likeness (QED) is 0.574. The molecule has 1 saturated heterocycles. The van der Waals surface area contributed by atoms with Crippen molar-refractivity contribution in [2.24, 2.45) is 11.8 Å². The lowest BCUT2D eigenvalue weighted by atomic mass is 9.70. The summed E-state index contributed by atoms with van der Waals surface area (Å²) in [5.74, 6) is 1.25. The van der Waals surface area contributed by atoms with Crippen molar-refractivity contribution < 1.29 is 18.0 Å². The summed E-state index contributed by atoms with van der Waals surface area (Å²) in [5.41, 5.74) is 3.89. The summed E-state index contributed by atoms with van der Waals surface area (Å²) >= 11 is 0. The van der Waals surface area contributed by atoms with Crippen LogP contribution in [0, 0.1) is 11.8 Å². The number of hydrogen-bond donors (Lipinski definition) is 2. The highest BCUT2D eigenvalue weighted by Crippen LogP contribution is 2.45. The van der Waals surface area contributed by atoms with Crippen molar-refractivity contribution >= 4 is 22.5 Å². The summed E-state index contributed by atoms with van der Waals surface area (Å²) in [5, 5.41) is 4.50. The Bertz CT molecular complexity index is 1270. The molecule has 9 heteroatoms. The van der Waals surface area contributed by atoms with Gasteiger partial charge >= 0.3 is 6.18 Å². The second-order valence-electron chi connectivity index (χ2n) is 11.6. The summed E-state index contributed by atoms with van der Waals surface area (Å²) in [7, 11) is 0. The van der Waals surface area contributed by atoms with Crippen LogP contribution in [-0.2, 0) is 6.42 Å². The van der Waals surface area contributed by atoms with Crippen LogP contribution in [0.3, 0.4) is 0 Å². The van der Waals surface area contributed by atoms with Gasteiger partial charge in [0, 0.05) is 55.3 Å². The molecule has 2 bridgehead atoms. The van der Waals surface area contributed by atoms with Crippen LogP contribution in [0.15, 0.2) is 16.9 Å². The van der Waals surface area contributed by atoms with Gasteiger partial charge in [0.25, 0.3) is 11.5 Å². The molecule has 1 aromatic carbocycles. The Morgan fingerprint density at radius 2 is 1.89 bits per heavy atom. The largest absolute Gasteiger partial charge is 0.390 e. The fraction of sp³-hybridized carbons (Fsp3) is 0.643. The van der Waals surface area contributed by atoms with E-state index in [9.17, 15) is 22.8 Å². The molecule has 1 amide bonds. The molecule has 2 aliphatic carbocycles. The first-order valence-corrected chi connectivity index (χ1v) is 13.7. The van der Waals surface area contributed by atoms with Crippen LogP contribution in [-0.4, -0.2) is 65.6 Å². The number of fused-ring (bicyclic) bond motifs is 4. The molecule has 0 spiro atoms. The number of alkyl halides is 3. The molecular formula is C28H35F3N4O2. The lowest BCUT2D eigenvalue weighted by Crippen LogP contribution is -2.56. The van der Waals surface area contributed by atoms with Crippen LogP contribution in [0.4, 0.5) is 18.9 Å². The first-order chi connectivity index (χ1) is 17.7. The average Bonchev–Trinajstić information content (AvgIpc) is 3.68. The Morgan fingerprint density at radius 1 is 1.08 bits per heavy atom. The number of aromatic amines is 1. The van der Waals surface area contributed by atoms with E-state index in [-0.39, 0.29) is 30.0 Å². The monoisotopic (exact) mass is 516 g/mol. The minimum atomic E-state index is -4.19. The second kappa shape index (κ2) is 9.33. The van der Waals surface area contributed by atoms with Crippen molar-refractivity contribution in [1.82, 2.24) is 14.8 Å². The van der Waals surface area contributed by atoms with Gasteiger partial charge < -0.3 is 15.2 Å². The van der Waals surface area contributed by atoms with Crippen molar-refractivity contribution in [1.29, 1.82) is 0 Å². The third kappa shape index (κ3) is 4.87. The fourth-order valence-corrected chi connectivity index (χ4v) is 6.43. The molecule has 2 unspecified atom stereocenters. The van der Waals surface area contributed by atoms with Crippen LogP contribution in [0.1, 0.15) is 72.9 Å². The highest BCUT2D eigenvalue weighted by molar-refractivity contribution is 6.03. The first kappa shape index (κ1) is 24.8. The molecule has 6 rings (SSSR count). The summed E-state index contributed by atoms with van der Waals surface area (Å²) in [6.07, 6.45) is 0.758. The van der Waals surface area contributed by atoms with Crippen LogP contribution in [0.5, 0.6) is 0 Å². The topological polar surface area (TPSA) is 68.4 Å². The molecule has 3 fully saturated rings.